The Hall–Kier alpha value is -2.29. The van der Waals surface area contributed by atoms with Gasteiger partial charge in [0.25, 0.3) is 0 Å². The quantitative estimate of drug-likeness (QED) is 0.742. The van der Waals surface area contributed by atoms with Crippen molar-refractivity contribution in [3.05, 3.63) is 48.2 Å². The Labute approximate surface area is 169 Å². The Kier molecular flexibility index (Phi) is 5.80. The number of benzene rings is 1. The summed E-state index contributed by atoms with van der Waals surface area (Å²) in [7, 11) is -3.32. The highest BCUT2D eigenvalue weighted by atomic mass is 32.2. The highest BCUT2D eigenvalue weighted by Gasteiger charge is 2.34. The fourth-order valence-electron chi connectivity index (χ4n) is 3.56. The normalized spacial score (nSPS) is 18.4. The van der Waals surface area contributed by atoms with E-state index in [2.05, 4.69) is 9.88 Å². The number of piperazine rings is 1. The Morgan fingerprint density at radius 2 is 1.86 bits per heavy atom. The highest BCUT2D eigenvalue weighted by Crippen LogP contribution is 2.33. The molecule has 5 nitrogen and oxygen atoms in total. The molecule has 1 aliphatic rings. The number of hydrogen-bond acceptors (Lipinski definition) is 5. The van der Waals surface area contributed by atoms with Crippen molar-refractivity contribution in [2.24, 2.45) is 5.92 Å². The molecule has 0 amide bonds. The molecular weight excluding hydrogens is 403 g/mol. The maximum absolute atomic E-state index is 13.1. The monoisotopic (exact) mass is 427 g/mol. The lowest BCUT2D eigenvalue weighted by molar-refractivity contribution is -0.137. The standard InChI is InChI=1S/C20H24F3N3O2S/c1-14(2)18-13-25(16-5-4-6-17(12-16)29(3,27)28)9-10-26(18)19-11-15(7-8-24-19)20(21,22)23/h4-8,11-12,14,18H,9-10,13H2,1-3H3/t18-/m0/s1. The average Bonchev–Trinajstić information content (AvgIpc) is 2.66. The van der Waals surface area contributed by atoms with Crippen LogP contribution in [-0.4, -0.2) is 45.3 Å². The van der Waals surface area contributed by atoms with Crippen LogP contribution in [0, 0.1) is 5.92 Å². The molecule has 1 aliphatic heterocycles. The Morgan fingerprint density at radius 3 is 2.48 bits per heavy atom. The van der Waals surface area contributed by atoms with Crippen LogP contribution < -0.4 is 9.80 Å². The number of aromatic nitrogens is 1. The molecule has 1 saturated heterocycles. The Balaban J connectivity index is 1.88. The lowest BCUT2D eigenvalue weighted by Crippen LogP contribution is -2.56. The van der Waals surface area contributed by atoms with Gasteiger partial charge in [0.2, 0.25) is 0 Å². The molecule has 0 N–H and O–H groups in total. The lowest BCUT2D eigenvalue weighted by Gasteiger charge is -2.45. The van der Waals surface area contributed by atoms with E-state index in [1.807, 2.05) is 24.8 Å². The van der Waals surface area contributed by atoms with Crippen molar-refractivity contribution >= 4 is 21.3 Å². The largest absolute Gasteiger partial charge is 0.416 e. The molecule has 1 aromatic heterocycles. The number of hydrogen-bond donors (Lipinski definition) is 0. The minimum Gasteiger partial charge on any atom is -0.368 e. The van der Waals surface area contributed by atoms with Crippen molar-refractivity contribution in [1.29, 1.82) is 0 Å². The minimum absolute atomic E-state index is 0.0679. The molecule has 0 radical (unpaired) electrons. The lowest BCUT2D eigenvalue weighted by atomic mass is 9.98. The number of sulfone groups is 1. The van der Waals surface area contributed by atoms with Crippen LogP contribution in [0.3, 0.4) is 0 Å². The first-order valence-electron chi connectivity index (χ1n) is 9.32. The smallest absolute Gasteiger partial charge is 0.368 e. The van der Waals surface area contributed by atoms with E-state index in [-0.39, 0.29) is 16.9 Å². The molecule has 3 rings (SSSR count). The van der Waals surface area contributed by atoms with Gasteiger partial charge in [0, 0.05) is 37.8 Å². The summed E-state index contributed by atoms with van der Waals surface area (Å²) in [5, 5.41) is 0. The molecule has 1 aromatic carbocycles. The van der Waals surface area contributed by atoms with Crippen LogP contribution in [0.1, 0.15) is 19.4 Å². The van der Waals surface area contributed by atoms with Crippen LogP contribution in [0.5, 0.6) is 0 Å². The molecule has 2 aromatic rings. The molecule has 1 atom stereocenters. The summed E-state index contributed by atoms with van der Waals surface area (Å²) in [6.45, 7) is 5.63. The van der Waals surface area contributed by atoms with Crippen molar-refractivity contribution in [2.75, 3.05) is 35.7 Å². The SMILES string of the molecule is CC(C)[C@@H]1CN(c2cccc(S(C)(=O)=O)c2)CCN1c1cc(C(F)(F)F)ccn1. The summed E-state index contributed by atoms with van der Waals surface area (Å²) in [5.74, 6) is 0.468. The number of pyridine rings is 1. The van der Waals surface area contributed by atoms with Crippen molar-refractivity contribution in [3.8, 4) is 0 Å². The summed E-state index contributed by atoms with van der Waals surface area (Å²) in [4.78, 5) is 8.42. The van der Waals surface area contributed by atoms with E-state index in [0.717, 1.165) is 17.8 Å². The predicted octanol–water partition coefficient (Wildman–Crippen LogP) is 3.86. The van der Waals surface area contributed by atoms with Gasteiger partial charge in [0.15, 0.2) is 9.84 Å². The van der Waals surface area contributed by atoms with Gasteiger partial charge in [-0.1, -0.05) is 19.9 Å². The molecule has 9 heteroatoms. The van der Waals surface area contributed by atoms with Gasteiger partial charge in [-0.2, -0.15) is 13.2 Å². The summed E-state index contributed by atoms with van der Waals surface area (Å²) < 4.78 is 63.0. The van der Waals surface area contributed by atoms with Gasteiger partial charge >= 0.3 is 6.18 Å². The van der Waals surface area contributed by atoms with E-state index < -0.39 is 21.6 Å². The second-order valence-electron chi connectivity index (χ2n) is 7.62. The fourth-order valence-corrected chi connectivity index (χ4v) is 4.22. The Bertz CT molecular complexity index is 977. The first-order chi connectivity index (χ1) is 13.5. The van der Waals surface area contributed by atoms with Crippen LogP contribution in [0.25, 0.3) is 0 Å². The third-order valence-corrected chi connectivity index (χ3v) is 6.28. The van der Waals surface area contributed by atoms with Gasteiger partial charge < -0.3 is 9.80 Å². The fraction of sp³-hybridized carbons (Fsp3) is 0.450. The van der Waals surface area contributed by atoms with Crippen molar-refractivity contribution in [3.63, 3.8) is 0 Å². The first kappa shape index (κ1) is 21.4. The third-order valence-electron chi connectivity index (χ3n) is 5.17. The molecule has 158 valence electrons. The topological polar surface area (TPSA) is 53.5 Å². The molecule has 0 saturated carbocycles. The molecular formula is C20H24F3N3O2S. The van der Waals surface area contributed by atoms with Crippen LogP contribution in [0.4, 0.5) is 24.7 Å². The zero-order valence-electron chi connectivity index (χ0n) is 16.5. The van der Waals surface area contributed by atoms with Crippen molar-refractivity contribution in [2.45, 2.75) is 31.0 Å². The van der Waals surface area contributed by atoms with E-state index in [0.29, 0.717) is 25.5 Å². The zero-order chi connectivity index (χ0) is 21.4. The maximum atomic E-state index is 13.1. The number of nitrogens with zero attached hydrogens (tertiary/aromatic N) is 3. The van der Waals surface area contributed by atoms with E-state index in [9.17, 15) is 21.6 Å². The Morgan fingerprint density at radius 1 is 1.14 bits per heavy atom. The number of alkyl halides is 3. The van der Waals surface area contributed by atoms with E-state index in [4.69, 9.17) is 0 Å². The third kappa shape index (κ3) is 4.83. The zero-order valence-corrected chi connectivity index (χ0v) is 17.3. The highest BCUT2D eigenvalue weighted by molar-refractivity contribution is 7.90. The minimum atomic E-state index is -4.42. The van der Waals surface area contributed by atoms with Crippen LogP contribution in [-0.2, 0) is 16.0 Å². The average molecular weight is 427 g/mol. The predicted molar refractivity (Wildman–Crippen MR) is 107 cm³/mol. The molecule has 29 heavy (non-hydrogen) atoms. The number of anilines is 2. The van der Waals surface area contributed by atoms with Gasteiger partial charge in [-0.15, -0.1) is 0 Å². The molecule has 0 unspecified atom stereocenters. The van der Waals surface area contributed by atoms with Gasteiger partial charge in [-0.05, 0) is 36.2 Å². The molecule has 0 spiro atoms. The molecule has 1 fully saturated rings. The van der Waals surface area contributed by atoms with E-state index >= 15 is 0 Å². The number of rotatable bonds is 4. The van der Waals surface area contributed by atoms with Crippen molar-refractivity contribution < 1.29 is 21.6 Å². The first-order valence-corrected chi connectivity index (χ1v) is 11.2. The second kappa shape index (κ2) is 7.85. The maximum Gasteiger partial charge on any atom is 0.416 e. The molecule has 0 bridgehead atoms. The summed E-state index contributed by atoms with van der Waals surface area (Å²) in [6, 6.07) is 8.76. The summed E-state index contributed by atoms with van der Waals surface area (Å²) in [6.07, 6.45) is -2.06. The van der Waals surface area contributed by atoms with E-state index in [1.165, 1.54) is 12.5 Å². The van der Waals surface area contributed by atoms with Gasteiger partial charge in [-0.3, -0.25) is 0 Å². The second-order valence-corrected chi connectivity index (χ2v) is 9.64. The van der Waals surface area contributed by atoms with Gasteiger partial charge in [0.1, 0.15) is 5.82 Å². The van der Waals surface area contributed by atoms with Crippen molar-refractivity contribution in [1.82, 2.24) is 4.98 Å². The number of halogens is 3. The van der Waals surface area contributed by atoms with Crippen LogP contribution >= 0.6 is 0 Å². The summed E-state index contributed by atoms with van der Waals surface area (Å²) >= 11 is 0. The van der Waals surface area contributed by atoms with Crippen LogP contribution in [0.2, 0.25) is 0 Å². The molecule has 2 heterocycles. The molecule has 0 aliphatic carbocycles. The van der Waals surface area contributed by atoms with Gasteiger partial charge in [0.05, 0.1) is 16.5 Å². The summed E-state index contributed by atoms with van der Waals surface area (Å²) in [5.41, 5.74) is 0.0727. The van der Waals surface area contributed by atoms with Crippen LogP contribution in [0.15, 0.2) is 47.5 Å². The van der Waals surface area contributed by atoms with E-state index in [1.54, 1.807) is 18.2 Å². The van der Waals surface area contributed by atoms with Gasteiger partial charge in [-0.25, -0.2) is 13.4 Å².